The topological polar surface area (TPSA) is 58.9 Å². The number of aryl methyl sites for hydroxylation is 1. The van der Waals surface area contributed by atoms with Gasteiger partial charge in [0, 0.05) is 18.8 Å². The lowest BCUT2D eigenvalue weighted by Crippen LogP contribution is -2.55. The van der Waals surface area contributed by atoms with E-state index in [9.17, 15) is 4.79 Å². The molecule has 1 saturated carbocycles. The van der Waals surface area contributed by atoms with Gasteiger partial charge in [0.15, 0.2) is 0 Å². The van der Waals surface area contributed by atoms with Crippen LogP contribution in [0.15, 0.2) is 24.5 Å². The summed E-state index contributed by atoms with van der Waals surface area (Å²) in [6.07, 6.45) is 8.42. The van der Waals surface area contributed by atoms with E-state index in [0.29, 0.717) is 5.41 Å². The molecule has 0 atom stereocenters. The van der Waals surface area contributed by atoms with Crippen molar-refractivity contribution < 1.29 is 9.53 Å². The molecular formula is C21H30N4O2. The minimum atomic E-state index is -0.273. The fraction of sp³-hybridized carbons (Fsp3) is 0.619. The first-order valence-corrected chi connectivity index (χ1v) is 10.0. The first-order valence-electron chi connectivity index (χ1n) is 10.0. The fourth-order valence-electron chi connectivity index (χ4n) is 4.58. The number of imidazole rings is 1. The summed E-state index contributed by atoms with van der Waals surface area (Å²) >= 11 is 0. The summed E-state index contributed by atoms with van der Waals surface area (Å²) in [4.78, 5) is 18.8. The molecule has 2 aromatic heterocycles. The third-order valence-corrected chi connectivity index (χ3v) is 6.06. The molecule has 0 bridgehead atoms. The predicted octanol–water partition coefficient (Wildman–Crippen LogP) is 3.52. The molecule has 1 saturated heterocycles. The van der Waals surface area contributed by atoms with E-state index in [1.807, 2.05) is 20.0 Å². The number of hydrogen-bond donors (Lipinski definition) is 1. The normalized spacial score (nSPS) is 20.1. The van der Waals surface area contributed by atoms with Gasteiger partial charge in [-0.3, -0.25) is 4.90 Å². The second-order valence-electron chi connectivity index (χ2n) is 8.66. The van der Waals surface area contributed by atoms with Crippen molar-refractivity contribution in [2.24, 2.45) is 5.41 Å². The highest BCUT2D eigenvalue weighted by Gasteiger charge is 2.46. The average Bonchev–Trinajstić information content (AvgIpc) is 2.96. The first kappa shape index (κ1) is 18.3. The largest absolute Gasteiger partial charge is 0.447 e. The Labute approximate surface area is 160 Å². The molecule has 2 aromatic rings. The van der Waals surface area contributed by atoms with Crippen LogP contribution in [0.3, 0.4) is 0 Å². The smallest absolute Gasteiger partial charge is 0.407 e. The van der Waals surface area contributed by atoms with E-state index in [1.54, 1.807) is 0 Å². The summed E-state index contributed by atoms with van der Waals surface area (Å²) in [6.45, 7) is 9.05. The third-order valence-electron chi connectivity index (χ3n) is 6.06. The zero-order valence-electron chi connectivity index (χ0n) is 16.6. The molecule has 0 radical (unpaired) electrons. The lowest BCUT2D eigenvalue weighted by Gasteiger charge is -2.52. The van der Waals surface area contributed by atoms with Crippen LogP contribution in [-0.2, 0) is 11.3 Å². The third kappa shape index (κ3) is 3.95. The molecule has 6 heteroatoms. The van der Waals surface area contributed by atoms with Crippen LogP contribution < -0.4 is 5.32 Å². The van der Waals surface area contributed by atoms with E-state index in [2.05, 4.69) is 44.9 Å². The van der Waals surface area contributed by atoms with Gasteiger partial charge in [-0.25, -0.2) is 9.78 Å². The van der Waals surface area contributed by atoms with E-state index < -0.39 is 0 Å². The Balaban J connectivity index is 1.27. The number of likely N-dealkylation sites (tertiary alicyclic amines) is 1. The number of piperidine rings is 1. The average molecular weight is 370 g/mol. The van der Waals surface area contributed by atoms with Gasteiger partial charge in [-0.05, 0) is 76.6 Å². The number of amides is 1. The van der Waals surface area contributed by atoms with Crippen molar-refractivity contribution in [1.29, 1.82) is 0 Å². The number of carbonyl (C=O) groups is 1. The summed E-state index contributed by atoms with van der Waals surface area (Å²) in [5, 5.41) is 3.01. The van der Waals surface area contributed by atoms with Crippen molar-refractivity contribution in [1.82, 2.24) is 19.6 Å². The van der Waals surface area contributed by atoms with E-state index in [1.165, 1.54) is 24.1 Å². The maximum Gasteiger partial charge on any atom is 0.407 e. The van der Waals surface area contributed by atoms with Crippen molar-refractivity contribution in [2.75, 3.05) is 13.1 Å². The Kier molecular flexibility index (Phi) is 4.84. The van der Waals surface area contributed by atoms with Gasteiger partial charge in [0.1, 0.15) is 5.65 Å². The summed E-state index contributed by atoms with van der Waals surface area (Å²) in [5.74, 6) is 0. The second-order valence-corrected chi connectivity index (χ2v) is 8.66. The van der Waals surface area contributed by atoms with E-state index in [4.69, 9.17) is 4.74 Å². The number of hydrogen-bond acceptors (Lipinski definition) is 4. The molecule has 1 N–H and O–H groups in total. The molecule has 1 spiro atoms. The standard InChI is InChI=1S/C21H30N4O2/c1-15(2)27-20(26)23-17-10-21(11-17)6-8-24(9-7-21)14-18-12-22-19-5-4-16(3)13-25(18)19/h4-5,12-13,15,17H,6-11,14H2,1-3H3,(H,23,26). The number of pyridine rings is 1. The van der Waals surface area contributed by atoms with E-state index in [-0.39, 0.29) is 18.2 Å². The Morgan fingerprint density at radius 3 is 2.78 bits per heavy atom. The highest BCUT2D eigenvalue weighted by molar-refractivity contribution is 5.68. The van der Waals surface area contributed by atoms with Crippen molar-refractivity contribution in [3.05, 3.63) is 35.8 Å². The number of alkyl carbamates (subject to hydrolysis) is 1. The van der Waals surface area contributed by atoms with Crippen LogP contribution in [0.2, 0.25) is 0 Å². The molecule has 1 amide bonds. The van der Waals surface area contributed by atoms with Gasteiger partial charge in [0.05, 0.1) is 18.0 Å². The molecule has 1 aliphatic carbocycles. The predicted molar refractivity (Wildman–Crippen MR) is 105 cm³/mol. The molecule has 3 heterocycles. The highest BCUT2D eigenvalue weighted by atomic mass is 16.6. The molecule has 2 aliphatic rings. The lowest BCUT2D eigenvalue weighted by atomic mass is 9.60. The number of aromatic nitrogens is 2. The summed E-state index contributed by atoms with van der Waals surface area (Å²) < 4.78 is 7.40. The van der Waals surface area contributed by atoms with Crippen LogP contribution in [-0.4, -0.2) is 45.6 Å². The molecule has 0 unspecified atom stereocenters. The Morgan fingerprint density at radius 2 is 2.07 bits per heavy atom. The van der Waals surface area contributed by atoms with Gasteiger partial charge in [0.2, 0.25) is 0 Å². The van der Waals surface area contributed by atoms with Crippen LogP contribution in [0.4, 0.5) is 4.79 Å². The zero-order chi connectivity index (χ0) is 19.0. The van der Waals surface area contributed by atoms with Gasteiger partial charge in [0.25, 0.3) is 0 Å². The van der Waals surface area contributed by atoms with Crippen LogP contribution in [0.5, 0.6) is 0 Å². The van der Waals surface area contributed by atoms with Crippen LogP contribution in [0.25, 0.3) is 5.65 Å². The molecule has 2 fully saturated rings. The maximum atomic E-state index is 11.7. The van der Waals surface area contributed by atoms with Crippen molar-refractivity contribution in [2.45, 2.75) is 65.1 Å². The molecule has 4 rings (SSSR count). The number of nitrogens with zero attached hydrogens (tertiary/aromatic N) is 3. The molecule has 6 nitrogen and oxygen atoms in total. The number of nitrogens with one attached hydrogen (secondary N) is 1. The van der Waals surface area contributed by atoms with E-state index in [0.717, 1.165) is 38.1 Å². The van der Waals surface area contributed by atoms with Crippen LogP contribution in [0.1, 0.15) is 50.8 Å². The Morgan fingerprint density at radius 1 is 1.33 bits per heavy atom. The molecule has 0 aromatic carbocycles. The minimum absolute atomic E-state index is 0.0642. The number of rotatable bonds is 4. The highest BCUT2D eigenvalue weighted by Crippen LogP contribution is 2.49. The van der Waals surface area contributed by atoms with Gasteiger partial charge >= 0.3 is 6.09 Å². The Hall–Kier alpha value is -2.08. The van der Waals surface area contributed by atoms with Crippen molar-refractivity contribution in [3.63, 3.8) is 0 Å². The van der Waals surface area contributed by atoms with Gasteiger partial charge in [-0.15, -0.1) is 0 Å². The lowest BCUT2D eigenvalue weighted by molar-refractivity contribution is 0.00152. The summed E-state index contributed by atoms with van der Waals surface area (Å²) in [5.41, 5.74) is 3.95. The first-order chi connectivity index (χ1) is 12.9. The number of ether oxygens (including phenoxy) is 1. The van der Waals surface area contributed by atoms with Crippen molar-refractivity contribution >= 4 is 11.7 Å². The quantitative estimate of drug-likeness (QED) is 0.895. The van der Waals surface area contributed by atoms with E-state index >= 15 is 0 Å². The van der Waals surface area contributed by atoms with Crippen molar-refractivity contribution in [3.8, 4) is 0 Å². The fourth-order valence-corrected chi connectivity index (χ4v) is 4.58. The summed E-state index contributed by atoms with van der Waals surface area (Å²) in [6, 6.07) is 4.47. The Bertz CT molecular complexity index is 813. The summed E-state index contributed by atoms with van der Waals surface area (Å²) in [7, 11) is 0. The SMILES string of the molecule is Cc1ccc2ncc(CN3CCC4(CC3)CC(NC(=O)OC(C)C)C4)n2c1. The second kappa shape index (κ2) is 7.15. The van der Waals surface area contributed by atoms with Gasteiger partial charge in [-0.1, -0.05) is 6.07 Å². The van der Waals surface area contributed by atoms with Gasteiger partial charge < -0.3 is 14.5 Å². The minimum Gasteiger partial charge on any atom is -0.447 e. The zero-order valence-corrected chi connectivity index (χ0v) is 16.6. The maximum absolute atomic E-state index is 11.7. The molecular weight excluding hydrogens is 340 g/mol. The molecule has 146 valence electrons. The number of carbonyl (C=O) groups excluding carboxylic acids is 1. The van der Waals surface area contributed by atoms with Gasteiger partial charge in [-0.2, -0.15) is 0 Å². The van der Waals surface area contributed by atoms with Crippen LogP contribution >= 0.6 is 0 Å². The number of fused-ring (bicyclic) bond motifs is 1. The monoisotopic (exact) mass is 370 g/mol. The molecule has 1 aliphatic heterocycles. The van der Waals surface area contributed by atoms with Crippen LogP contribution in [0, 0.1) is 12.3 Å². The molecule has 27 heavy (non-hydrogen) atoms.